The number of nitrogens with one attached hydrogen (secondary N) is 1. The molecule has 0 aliphatic carbocycles. The van der Waals surface area contributed by atoms with Crippen LogP contribution in [0.25, 0.3) is 0 Å². The fourth-order valence-electron chi connectivity index (χ4n) is 4.49. The van der Waals surface area contributed by atoms with Crippen molar-refractivity contribution in [1.29, 1.82) is 0 Å². The summed E-state index contributed by atoms with van der Waals surface area (Å²) in [6.45, 7) is 9.70. The van der Waals surface area contributed by atoms with E-state index in [0.29, 0.717) is 24.5 Å². The molecule has 0 aliphatic heterocycles. The van der Waals surface area contributed by atoms with E-state index >= 15 is 0 Å². The first-order chi connectivity index (χ1) is 19.6. The molecule has 8 nitrogen and oxygen atoms in total. The van der Waals surface area contributed by atoms with Gasteiger partial charge in [0, 0.05) is 12.6 Å². The highest BCUT2D eigenvalue weighted by Crippen LogP contribution is 2.26. The number of sulfonamides is 1. The van der Waals surface area contributed by atoms with E-state index in [1.807, 2.05) is 58.9 Å². The molecule has 0 heterocycles. The van der Waals surface area contributed by atoms with Gasteiger partial charge in [0.25, 0.3) is 10.0 Å². The number of carbonyl (C=O) groups excluding carboxylic acids is 2. The molecule has 0 saturated carbocycles. The van der Waals surface area contributed by atoms with Gasteiger partial charge in [-0.25, -0.2) is 8.42 Å². The van der Waals surface area contributed by atoms with Crippen LogP contribution in [-0.2, 0) is 26.2 Å². The minimum Gasteiger partial charge on any atom is -0.494 e. The average molecular weight is 580 g/mol. The summed E-state index contributed by atoms with van der Waals surface area (Å²) in [5.41, 5.74) is 2.23. The predicted octanol–water partition coefficient (Wildman–Crippen LogP) is 5.31. The molecule has 0 radical (unpaired) electrons. The quantitative estimate of drug-likeness (QED) is 0.279. The van der Waals surface area contributed by atoms with Crippen LogP contribution in [-0.4, -0.2) is 50.4 Å². The molecule has 0 aliphatic rings. The Balaban J connectivity index is 2.02. The van der Waals surface area contributed by atoms with Crippen molar-refractivity contribution in [3.8, 4) is 5.75 Å². The fraction of sp³-hybridized carbons (Fsp3) is 0.375. The number of nitrogens with zero attached hydrogens (tertiary/aromatic N) is 2. The molecule has 0 aromatic heterocycles. The maximum Gasteiger partial charge on any atom is 0.264 e. The molecule has 2 atom stereocenters. The standard InChI is InChI=1S/C32H41N3O5S/c1-6-25(5)33-32(37)30(7-2)34(22-26-14-12-13-24(4)21-26)31(36)23-35(27-15-10-9-11-16-27)41(38,39)29-19-17-28(18-20-29)40-8-3/h9-21,25,30H,6-8,22-23H2,1-5H3,(H,33,37)/t25-,30+/m1/s1. The van der Waals surface area contributed by atoms with E-state index in [4.69, 9.17) is 4.74 Å². The molecule has 9 heteroatoms. The Bertz CT molecular complexity index is 1390. The van der Waals surface area contributed by atoms with Crippen LogP contribution < -0.4 is 14.4 Å². The van der Waals surface area contributed by atoms with Crippen LogP contribution in [0.2, 0.25) is 0 Å². The van der Waals surface area contributed by atoms with E-state index in [-0.39, 0.29) is 23.4 Å². The Morgan fingerprint density at radius 1 is 0.902 bits per heavy atom. The molecule has 3 aromatic rings. The second kappa shape index (κ2) is 14.7. The van der Waals surface area contributed by atoms with Crippen molar-refractivity contribution >= 4 is 27.5 Å². The van der Waals surface area contributed by atoms with Gasteiger partial charge in [-0.1, -0.05) is 61.9 Å². The van der Waals surface area contributed by atoms with Crippen LogP contribution in [0.1, 0.15) is 51.7 Å². The number of aryl methyl sites for hydroxylation is 1. The van der Waals surface area contributed by atoms with Gasteiger partial charge in [-0.05, 0) is 75.6 Å². The molecule has 41 heavy (non-hydrogen) atoms. The summed E-state index contributed by atoms with van der Waals surface area (Å²) in [6, 6.07) is 21.6. The van der Waals surface area contributed by atoms with Crippen LogP contribution in [0, 0.1) is 6.92 Å². The fourth-order valence-corrected chi connectivity index (χ4v) is 5.91. The van der Waals surface area contributed by atoms with E-state index in [1.54, 1.807) is 42.5 Å². The second-order valence-electron chi connectivity index (χ2n) is 10.0. The Hall–Kier alpha value is -3.85. The highest BCUT2D eigenvalue weighted by Gasteiger charge is 2.34. The molecular weight excluding hydrogens is 538 g/mol. The monoisotopic (exact) mass is 579 g/mol. The molecule has 0 fully saturated rings. The maximum absolute atomic E-state index is 14.1. The molecule has 0 saturated heterocycles. The van der Waals surface area contributed by atoms with Crippen molar-refractivity contribution in [1.82, 2.24) is 10.2 Å². The highest BCUT2D eigenvalue weighted by molar-refractivity contribution is 7.92. The molecule has 0 bridgehead atoms. The molecular formula is C32H41N3O5S. The smallest absolute Gasteiger partial charge is 0.264 e. The van der Waals surface area contributed by atoms with Gasteiger partial charge in [0.1, 0.15) is 18.3 Å². The van der Waals surface area contributed by atoms with Crippen LogP contribution in [0.4, 0.5) is 5.69 Å². The zero-order valence-electron chi connectivity index (χ0n) is 24.5. The van der Waals surface area contributed by atoms with Gasteiger partial charge < -0.3 is 15.0 Å². The topological polar surface area (TPSA) is 96.0 Å². The van der Waals surface area contributed by atoms with Crippen molar-refractivity contribution in [2.45, 2.75) is 71.0 Å². The minimum absolute atomic E-state index is 0.0318. The van der Waals surface area contributed by atoms with Crippen molar-refractivity contribution in [3.05, 3.63) is 90.0 Å². The summed E-state index contributed by atoms with van der Waals surface area (Å²) in [6.07, 6.45) is 1.12. The van der Waals surface area contributed by atoms with Crippen LogP contribution in [0.5, 0.6) is 5.75 Å². The van der Waals surface area contributed by atoms with Crippen LogP contribution >= 0.6 is 0 Å². The summed E-state index contributed by atoms with van der Waals surface area (Å²) >= 11 is 0. The van der Waals surface area contributed by atoms with E-state index in [0.717, 1.165) is 21.9 Å². The van der Waals surface area contributed by atoms with Crippen molar-refractivity contribution < 1.29 is 22.7 Å². The summed E-state index contributed by atoms with van der Waals surface area (Å²) in [7, 11) is -4.14. The Kier molecular flexibility index (Phi) is 11.3. The number of para-hydroxylation sites is 1. The lowest BCUT2D eigenvalue weighted by Gasteiger charge is -2.33. The summed E-state index contributed by atoms with van der Waals surface area (Å²) in [5.74, 6) is -0.185. The first-order valence-electron chi connectivity index (χ1n) is 14.1. The number of amides is 2. The number of benzene rings is 3. The van der Waals surface area contributed by atoms with E-state index < -0.39 is 28.5 Å². The third-order valence-corrected chi connectivity index (χ3v) is 8.66. The van der Waals surface area contributed by atoms with Gasteiger partial charge in [-0.3, -0.25) is 13.9 Å². The van der Waals surface area contributed by atoms with E-state index in [1.165, 1.54) is 17.0 Å². The molecule has 220 valence electrons. The third kappa shape index (κ3) is 8.33. The number of hydrogen-bond acceptors (Lipinski definition) is 5. The van der Waals surface area contributed by atoms with Crippen LogP contribution in [0.15, 0.2) is 83.8 Å². The van der Waals surface area contributed by atoms with Gasteiger partial charge in [0.15, 0.2) is 0 Å². The van der Waals surface area contributed by atoms with Crippen molar-refractivity contribution in [2.24, 2.45) is 0 Å². The first kappa shape index (κ1) is 31.7. The van der Waals surface area contributed by atoms with Gasteiger partial charge in [-0.2, -0.15) is 0 Å². The zero-order valence-corrected chi connectivity index (χ0v) is 25.4. The SMILES string of the molecule is CCOc1ccc(S(=O)(=O)N(CC(=O)N(Cc2cccc(C)c2)[C@@H](CC)C(=O)N[C@H](C)CC)c2ccccc2)cc1. The van der Waals surface area contributed by atoms with Gasteiger partial charge in [-0.15, -0.1) is 0 Å². The van der Waals surface area contributed by atoms with Gasteiger partial charge in [0.05, 0.1) is 17.2 Å². The largest absolute Gasteiger partial charge is 0.494 e. The number of anilines is 1. The predicted molar refractivity (Wildman–Crippen MR) is 162 cm³/mol. The average Bonchev–Trinajstić information content (AvgIpc) is 2.96. The van der Waals surface area contributed by atoms with Crippen molar-refractivity contribution in [2.75, 3.05) is 17.5 Å². The van der Waals surface area contributed by atoms with E-state index in [2.05, 4.69) is 5.32 Å². The number of ether oxygens (including phenoxy) is 1. The molecule has 2 amide bonds. The molecule has 1 N–H and O–H groups in total. The summed E-state index contributed by atoms with van der Waals surface area (Å²) in [4.78, 5) is 29.0. The minimum atomic E-state index is -4.14. The lowest BCUT2D eigenvalue weighted by Crippen LogP contribution is -2.53. The molecule has 3 rings (SSSR count). The lowest BCUT2D eigenvalue weighted by atomic mass is 10.1. The third-order valence-electron chi connectivity index (χ3n) is 6.87. The summed E-state index contributed by atoms with van der Waals surface area (Å²) < 4.78 is 34.5. The number of hydrogen-bond donors (Lipinski definition) is 1. The van der Waals surface area contributed by atoms with Crippen LogP contribution in [0.3, 0.4) is 0 Å². The first-order valence-corrected chi connectivity index (χ1v) is 15.5. The second-order valence-corrected chi connectivity index (χ2v) is 11.9. The van der Waals surface area contributed by atoms with E-state index in [9.17, 15) is 18.0 Å². The van der Waals surface area contributed by atoms with Gasteiger partial charge in [0.2, 0.25) is 11.8 Å². The maximum atomic E-state index is 14.1. The summed E-state index contributed by atoms with van der Waals surface area (Å²) in [5, 5.41) is 2.99. The van der Waals surface area contributed by atoms with Crippen molar-refractivity contribution in [3.63, 3.8) is 0 Å². The molecule has 0 unspecified atom stereocenters. The number of rotatable bonds is 14. The van der Waals surface area contributed by atoms with Gasteiger partial charge >= 0.3 is 0 Å². The normalized spacial score (nSPS) is 12.7. The zero-order chi connectivity index (χ0) is 30.0. The molecule has 0 spiro atoms. The Morgan fingerprint density at radius 3 is 2.17 bits per heavy atom. The molecule has 3 aromatic carbocycles. The number of carbonyl (C=O) groups is 2. The lowest BCUT2D eigenvalue weighted by molar-refractivity contribution is -0.140. The Morgan fingerprint density at radius 2 is 1.59 bits per heavy atom. The highest BCUT2D eigenvalue weighted by atomic mass is 32.2. The Labute approximate surface area is 244 Å².